The van der Waals surface area contributed by atoms with Crippen molar-refractivity contribution in [2.75, 3.05) is 18.9 Å². The minimum Gasteiger partial charge on any atom is -0.496 e. The molecular formula is C12H23NOS. The van der Waals surface area contributed by atoms with Crippen molar-refractivity contribution in [2.45, 2.75) is 44.9 Å². The fourth-order valence-electron chi connectivity index (χ4n) is 1.55. The molecule has 1 rings (SSSR count). The number of ether oxygens (including phenoxy) is 1. The Labute approximate surface area is 97.8 Å². The predicted molar refractivity (Wildman–Crippen MR) is 68.3 cm³/mol. The molecule has 0 aromatic carbocycles. The van der Waals surface area contributed by atoms with Crippen LogP contribution in [0.1, 0.15) is 33.6 Å². The molecule has 0 aromatic rings. The second kappa shape index (κ2) is 7.18. The molecule has 0 bridgehead atoms. The van der Waals surface area contributed by atoms with E-state index in [0.29, 0.717) is 6.04 Å². The quantitative estimate of drug-likeness (QED) is 0.725. The van der Waals surface area contributed by atoms with Crippen LogP contribution in [0.4, 0.5) is 0 Å². The molecule has 2 atom stereocenters. The van der Waals surface area contributed by atoms with Crippen LogP contribution in [0.2, 0.25) is 0 Å². The van der Waals surface area contributed by atoms with Crippen LogP contribution in [-0.2, 0) is 4.74 Å². The highest BCUT2D eigenvalue weighted by molar-refractivity contribution is 7.99. The van der Waals surface area contributed by atoms with Crippen LogP contribution in [0.5, 0.6) is 0 Å². The van der Waals surface area contributed by atoms with Crippen LogP contribution >= 0.6 is 11.8 Å². The molecule has 0 aliphatic carbocycles. The van der Waals surface area contributed by atoms with E-state index in [9.17, 15) is 0 Å². The standard InChI is InChI=1S/C12H23NOS/c1-4-10(3)15-9-11(13-5-2)12-7-6-8-14-12/h7,10-11,13H,4-6,8-9H2,1-3H3. The Morgan fingerprint density at radius 3 is 2.87 bits per heavy atom. The van der Waals surface area contributed by atoms with E-state index in [0.717, 1.165) is 36.3 Å². The summed E-state index contributed by atoms with van der Waals surface area (Å²) in [5.41, 5.74) is 0. The van der Waals surface area contributed by atoms with Gasteiger partial charge in [-0.3, -0.25) is 0 Å². The van der Waals surface area contributed by atoms with Crippen molar-refractivity contribution in [1.29, 1.82) is 0 Å². The summed E-state index contributed by atoms with van der Waals surface area (Å²) >= 11 is 2.03. The SMILES string of the molecule is CCNC(CSC(C)CC)C1=CCCO1. The molecule has 2 unspecified atom stereocenters. The van der Waals surface area contributed by atoms with Crippen LogP contribution in [0.15, 0.2) is 11.8 Å². The van der Waals surface area contributed by atoms with Gasteiger partial charge in [0.2, 0.25) is 0 Å². The molecule has 1 N–H and O–H groups in total. The van der Waals surface area contributed by atoms with E-state index in [1.807, 2.05) is 11.8 Å². The molecule has 1 aliphatic rings. The Kier molecular flexibility index (Phi) is 6.18. The Morgan fingerprint density at radius 1 is 1.53 bits per heavy atom. The molecule has 2 nitrogen and oxygen atoms in total. The maximum atomic E-state index is 5.62. The first-order chi connectivity index (χ1) is 7.27. The summed E-state index contributed by atoms with van der Waals surface area (Å²) in [6.07, 6.45) is 4.54. The number of rotatable bonds is 7. The largest absolute Gasteiger partial charge is 0.496 e. The third-order valence-corrected chi connectivity index (χ3v) is 4.08. The van der Waals surface area contributed by atoms with Crippen molar-refractivity contribution in [3.05, 3.63) is 11.8 Å². The molecule has 0 fully saturated rings. The maximum Gasteiger partial charge on any atom is 0.110 e. The van der Waals surface area contributed by atoms with Gasteiger partial charge in [-0.05, 0) is 19.0 Å². The lowest BCUT2D eigenvalue weighted by molar-refractivity contribution is 0.220. The van der Waals surface area contributed by atoms with Gasteiger partial charge < -0.3 is 10.1 Å². The molecule has 88 valence electrons. The number of hydrogen-bond acceptors (Lipinski definition) is 3. The van der Waals surface area contributed by atoms with E-state index in [2.05, 4.69) is 32.2 Å². The van der Waals surface area contributed by atoms with Gasteiger partial charge in [-0.25, -0.2) is 0 Å². The Balaban J connectivity index is 2.36. The van der Waals surface area contributed by atoms with Crippen molar-refractivity contribution in [1.82, 2.24) is 5.32 Å². The number of likely N-dealkylation sites (N-methyl/N-ethyl adjacent to an activating group) is 1. The molecule has 0 saturated heterocycles. The summed E-state index contributed by atoms with van der Waals surface area (Å²) in [6.45, 7) is 8.55. The second-order valence-electron chi connectivity index (χ2n) is 3.91. The molecule has 1 aliphatic heterocycles. The minimum absolute atomic E-state index is 0.413. The lowest BCUT2D eigenvalue weighted by Crippen LogP contribution is -2.33. The zero-order valence-corrected chi connectivity index (χ0v) is 10.9. The summed E-state index contributed by atoms with van der Waals surface area (Å²) in [6, 6.07) is 0.413. The summed E-state index contributed by atoms with van der Waals surface area (Å²) in [7, 11) is 0. The average Bonchev–Trinajstić information content (AvgIpc) is 2.76. The Morgan fingerprint density at radius 2 is 2.33 bits per heavy atom. The van der Waals surface area contributed by atoms with E-state index in [1.165, 1.54) is 6.42 Å². The fourth-order valence-corrected chi connectivity index (χ4v) is 2.58. The van der Waals surface area contributed by atoms with Gasteiger partial charge in [0.25, 0.3) is 0 Å². The molecule has 3 heteroatoms. The summed E-state index contributed by atoms with van der Waals surface area (Å²) in [5.74, 6) is 2.28. The lowest BCUT2D eigenvalue weighted by atomic mass is 10.2. The summed E-state index contributed by atoms with van der Waals surface area (Å²) in [4.78, 5) is 0. The van der Waals surface area contributed by atoms with Crippen molar-refractivity contribution in [2.24, 2.45) is 0 Å². The highest BCUT2D eigenvalue weighted by atomic mass is 32.2. The normalized spacial score (nSPS) is 19.5. The third-order valence-electron chi connectivity index (χ3n) is 2.65. The van der Waals surface area contributed by atoms with E-state index in [1.54, 1.807) is 0 Å². The smallest absolute Gasteiger partial charge is 0.110 e. The first-order valence-corrected chi connectivity index (χ1v) is 7.00. The highest BCUT2D eigenvalue weighted by Crippen LogP contribution is 2.20. The molecule has 0 aromatic heterocycles. The van der Waals surface area contributed by atoms with Crippen molar-refractivity contribution >= 4 is 11.8 Å². The third kappa shape index (κ3) is 4.47. The monoisotopic (exact) mass is 229 g/mol. The molecule has 1 heterocycles. The minimum atomic E-state index is 0.413. The van der Waals surface area contributed by atoms with Gasteiger partial charge in [-0.15, -0.1) is 0 Å². The molecule has 0 saturated carbocycles. The van der Waals surface area contributed by atoms with E-state index in [4.69, 9.17) is 4.74 Å². The van der Waals surface area contributed by atoms with E-state index >= 15 is 0 Å². The van der Waals surface area contributed by atoms with Crippen molar-refractivity contribution in [3.8, 4) is 0 Å². The molecule has 0 amide bonds. The maximum absolute atomic E-state index is 5.62. The van der Waals surface area contributed by atoms with Gasteiger partial charge in [-0.1, -0.05) is 20.8 Å². The van der Waals surface area contributed by atoms with Crippen LogP contribution in [0.3, 0.4) is 0 Å². The zero-order chi connectivity index (χ0) is 11.1. The van der Waals surface area contributed by atoms with Gasteiger partial charge in [0.1, 0.15) is 5.76 Å². The molecule has 15 heavy (non-hydrogen) atoms. The fraction of sp³-hybridized carbons (Fsp3) is 0.833. The van der Waals surface area contributed by atoms with Crippen LogP contribution in [0.25, 0.3) is 0 Å². The van der Waals surface area contributed by atoms with Gasteiger partial charge in [0.15, 0.2) is 0 Å². The van der Waals surface area contributed by atoms with E-state index < -0.39 is 0 Å². The van der Waals surface area contributed by atoms with Gasteiger partial charge in [0, 0.05) is 17.4 Å². The second-order valence-corrected chi connectivity index (χ2v) is 5.38. The van der Waals surface area contributed by atoms with Gasteiger partial charge in [-0.2, -0.15) is 11.8 Å². The van der Waals surface area contributed by atoms with Gasteiger partial charge >= 0.3 is 0 Å². The average molecular weight is 229 g/mol. The Bertz CT molecular complexity index is 206. The molecule has 0 radical (unpaired) electrons. The predicted octanol–water partition coefficient (Wildman–Crippen LogP) is 2.80. The van der Waals surface area contributed by atoms with Crippen molar-refractivity contribution < 1.29 is 4.74 Å². The number of hydrogen-bond donors (Lipinski definition) is 1. The first-order valence-electron chi connectivity index (χ1n) is 5.95. The molecule has 0 spiro atoms. The highest BCUT2D eigenvalue weighted by Gasteiger charge is 2.18. The van der Waals surface area contributed by atoms with Gasteiger partial charge in [0.05, 0.1) is 12.6 Å². The lowest BCUT2D eigenvalue weighted by Gasteiger charge is -2.20. The topological polar surface area (TPSA) is 21.3 Å². The van der Waals surface area contributed by atoms with Crippen molar-refractivity contribution in [3.63, 3.8) is 0 Å². The number of thioether (sulfide) groups is 1. The first kappa shape index (κ1) is 12.9. The molecular weight excluding hydrogens is 206 g/mol. The zero-order valence-electron chi connectivity index (χ0n) is 10.1. The summed E-state index contributed by atoms with van der Waals surface area (Å²) in [5, 5.41) is 4.23. The van der Waals surface area contributed by atoms with Crippen LogP contribution < -0.4 is 5.32 Å². The summed E-state index contributed by atoms with van der Waals surface area (Å²) < 4.78 is 5.62. The van der Waals surface area contributed by atoms with Crippen LogP contribution in [0, 0.1) is 0 Å². The van der Waals surface area contributed by atoms with E-state index in [-0.39, 0.29) is 0 Å². The number of nitrogens with one attached hydrogen (secondary N) is 1. The van der Waals surface area contributed by atoms with Crippen LogP contribution in [-0.4, -0.2) is 30.2 Å². The Hall–Kier alpha value is -0.150.